The molecule has 2 heterocycles. The molecule has 1 aromatic heterocycles. The van der Waals surface area contributed by atoms with Crippen molar-refractivity contribution in [2.75, 3.05) is 13.2 Å². The summed E-state index contributed by atoms with van der Waals surface area (Å²) in [5.74, 6) is 0. The number of aromatic amines is 1. The summed E-state index contributed by atoms with van der Waals surface area (Å²) in [6, 6.07) is 0. The topological polar surface area (TPSA) is 49.9 Å². The van der Waals surface area contributed by atoms with Crippen molar-refractivity contribution in [1.29, 1.82) is 0 Å². The molecular weight excluding hydrogens is 178 g/mol. The zero-order chi connectivity index (χ0) is 9.64. The van der Waals surface area contributed by atoms with E-state index in [1.807, 2.05) is 6.20 Å². The Labute approximate surface area is 84.1 Å². The minimum absolute atomic E-state index is 0.490. The molecule has 1 aliphatic heterocycles. The first-order valence-electron chi connectivity index (χ1n) is 5.25. The van der Waals surface area contributed by atoms with E-state index in [0.29, 0.717) is 6.10 Å². The largest absolute Gasteiger partial charge is 0.378 e. The number of nitrogens with one attached hydrogen (secondary N) is 2. The fourth-order valence-corrected chi connectivity index (χ4v) is 1.74. The fraction of sp³-hybridized carbons (Fsp3) is 0.700. The molecular formula is C10H17N3O. The summed E-state index contributed by atoms with van der Waals surface area (Å²) in [6.07, 6.45) is 7.62. The molecule has 1 atom stereocenters. The van der Waals surface area contributed by atoms with E-state index in [1.54, 1.807) is 6.33 Å². The lowest BCUT2D eigenvalue weighted by Gasteiger charge is -2.09. The average molecular weight is 195 g/mol. The molecule has 14 heavy (non-hydrogen) atoms. The maximum atomic E-state index is 5.53. The quantitative estimate of drug-likeness (QED) is 0.691. The number of imidazole rings is 1. The number of hydrogen-bond acceptors (Lipinski definition) is 3. The van der Waals surface area contributed by atoms with Crippen molar-refractivity contribution < 1.29 is 4.74 Å². The standard InChI is InChI=1S/C10H17N3O/c1-2-10(14-5-1)3-4-11-6-9-7-12-8-13-9/h7-8,10-11H,1-6H2,(H,12,13). The second-order valence-corrected chi connectivity index (χ2v) is 3.68. The summed E-state index contributed by atoms with van der Waals surface area (Å²) in [5, 5.41) is 3.36. The van der Waals surface area contributed by atoms with Gasteiger partial charge in [-0.3, -0.25) is 0 Å². The predicted molar refractivity (Wildman–Crippen MR) is 53.9 cm³/mol. The van der Waals surface area contributed by atoms with Gasteiger partial charge in [0.25, 0.3) is 0 Å². The van der Waals surface area contributed by atoms with Gasteiger partial charge < -0.3 is 15.0 Å². The zero-order valence-electron chi connectivity index (χ0n) is 8.33. The van der Waals surface area contributed by atoms with Crippen molar-refractivity contribution in [2.45, 2.75) is 31.9 Å². The van der Waals surface area contributed by atoms with Crippen molar-refractivity contribution >= 4 is 0 Å². The molecule has 1 aromatic rings. The fourth-order valence-electron chi connectivity index (χ4n) is 1.74. The van der Waals surface area contributed by atoms with Crippen LogP contribution in [0.5, 0.6) is 0 Å². The van der Waals surface area contributed by atoms with E-state index in [4.69, 9.17) is 4.74 Å². The smallest absolute Gasteiger partial charge is 0.0922 e. The van der Waals surface area contributed by atoms with E-state index < -0.39 is 0 Å². The minimum atomic E-state index is 0.490. The van der Waals surface area contributed by atoms with E-state index >= 15 is 0 Å². The first-order valence-corrected chi connectivity index (χ1v) is 5.25. The van der Waals surface area contributed by atoms with Gasteiger partial charge in [-0.2, -0.15) is 0 Å². The molecule has 1 saturated heterocycles. The van der Waals surface area contributed by atoms with Crippen molar-refractivity contribution in [3.05, 3.63) is 18.2 Å². The van der Waals surface area contributed by atoms with Gasteiger partial charge in [0.05, 0.1) is 12.4 Å². The van der Waals surface area contributed by atoms with Crippen molar-refractivity contribution in [3.8, 4) is 0 Å². The summed E-state index contributed by atoms with van der Waals surface area (Å²) in [5.41, 5.74) is 1.14. The number of hydrogen-bond donors (Lipinski definition) is 2. The summed E-state index contributed by atoms with van der Waals surface area (Å²) in [7, 11) is 0. The SMILES string of the molecule is c1ncc(CNCCC2CCCO2)[nH]1. The van der Waals surface area contributed by atoms with Crippen molar-refractivity contribution in [2.24, 2.45) is 0 Å². The number of nitrogens with zero attached hydrogens (tertiary/aromatic N) is 1. The molecule has 0 saturated carbocycles. The van der Waals surface area contributed by atoms with Gasteiger partial charge in [0.1, 0.15) is 0 Å². The van der Waals surface area contributed by atoms with E-state index in [-0.39, 0.29) is 0 Å². The maximum Gasteiger partial charge on any atom is 0.0922 e. The van der Waals surface area contributed by atoms with Crippen LogP contribution >= 0.6 is 0 Å². The highest BCUT2D eigenvalue weighted by Crippen LogP contribution is 2.14. The zero-order valence-corrected chi connectivity index (χ0v) is 8.33. The molecule has 1 fully saturated rings. The van der Waals surface area contributed by atoms with Crippen LogP contribution in [0, 0.1) is 0 Å². The van der Waals surface area contributed by atoms with Crippen LogP contribution in [0.3, 0.4) is 0 Å². The number of H-pyrrole nitrogens is 1. The highest BCUT2D eigenvalue weighted by atomic mass is 16.5. The monoisotopic (exact) mass is 195 g/mol. The molecule has 0 radical (unpaired) electrons. The van der Waals surface area contributed by atoms with Gasteiger partial charge in [0.2, 0.25) is 0 Å². The number of ether oxygens (including phenoxy) is 1. The second-order valence-electron chi connectivity index (χ2n) is 3.68. The molecule has 1 aliphatic rings. The lowest BCUT2D eigenvalue weighted by atomic mass is 10.2. The Kier molecular flexibility index (Phi) is 3.54. The van der Waals surface area contributed by atoms with Gasteiger partial charge in [-0.15, -0.1) is 0 Å². The normalized spacial score (nSPS) is 21.6. The van der Waals surface area contributed by atoms with Crippen LogP contribution < -0.4 is 5.32 Å². The Morgan fingerprint density at radius 2 is 2.64 bits per heavy atom. The van der Waals surface area contributed by atoms with E-state index in [1.165, 1.54) is 12.8 Å². The molecule has 0 aliphatic carbocycles. The third-order valence-corrected chi connectivity index (χ3v) is 2.54. The van der Waals surface area contributed by atoms with Crippen LogP contribution in [0.15, 0.2) is 12.5 Å². The van der Waals surface area contributed by atoms with Gasteiger partial charge in [0.15, 0.2) is 0 Å². The lowest BCUT2D eigenvalue weighted by molar-refractivity contribution is 0.104. The molecule has 4 heteroatoms. The molecule has 78 valence electrons. The number of rotatable bonds is 5. The van der Waals surface area contributed by atoms with Crippen LogP contribution in [0.1, 0.15) is 25.0 Å². The Hall–Kier alpha value is -0.870. The predicted octanol–water partition coefficient (Wildman–Crippen LogP) is 1.07. The maximum absolute atomic E-state index is 5.53. The van der Waals surface area contributed by atoms with Crippen LogP contribution in [0.2, 0.25) is 0 Å². The van der Waals surface area contributed by atoms with E-state index in [2.05, 4.69) is 15.3 Å². The van der Waals surface area contributed by atoms with Crippen molar-refractivity contribution in [3.63, 3.8) is 0 Å². The highest BCUT2D eigenvalue weighted by Gasteiger charge is 2.14. The molecule has 1 unspecified atom stereocenters. The van der Waals surface area contributed by atoms with Crippen LogP contribution in [-0.2, 0) is 11.3 Å². The van der Waals surface area contributed by atoms with Crippen LogP contribution in [0.4, 0.5) is 0 Å². The minimum Gasteiger partial charge on any atom is -0.378 e. The highest BCUT2D eigenvalue weighted by molar-refractivity contribution is 4.92. The molecule has 2 N–H and O–H groups in total. The Morgan fingerprint density at radius 3 is 3.36 bits per heavy atom. The van der Waals surface area contributed by atoms with Gasteiger partial charge in [-0.25, -0.2) is 4.98 Å². The second kappa shape index (κ2) is 5.12. The number of aromatic nitrogens is 2. The van der Waals surface area contributed by atoms with Crippen LogP contribution in [0.25, 0.3) is 0 Å². The Bertz CT molecular complexity index is 242. The van der Waals surface area contributed by atoms with E-state index in [0.717, 1.165) is 31.8 Å². The van der Waals surface area contributed by atoms with Gasteiger partial charge >= 0.3 is 0 Å². The summed E-state index contributed by atoms with van der Waals surface area (Å²) in [4.78, 5) is 7.02. The van der Waals surface area contributed by atoms with Gasteiger partial charge in [0, 0.05) is 25.0 Å². The van der Waals surface area contributed by atoms with Crippen LogP contribution in [-0.4, -0.2) is 29.2 Å². The Morgan fingerprint density at radius 1 is 1.64 bits per heavy atom. The Balaban J connectivity index is 1.55. The third kappa shape index (κ3) is 2.82. The molecule has 4 nitrogen and oxygen atoms in total. The van der Waals surface area contributed by atoms with E-state index in [9.17, 15) is 0 Å². The first-order chi connectivity index (χ1) is 6.95. The molecule has 0 bridgehead atoms. The summed E-state index contributed by atoms with van der Waals surface area (Å²) in [6.45, 7) is 2.83. The van der Waals surface area contributed by atoms with Gasteiger partial charge in [-0.05, 0) is 25.8 Å². The molecule has 0 spiro atoms. The van der Waals surface area contributed by atoms with Gasteiger partial charge in [-0.1, -0.05) is 0 Å². The van der Waals surface area contributed by atoms with Crippen molar-refractivity contribution in [1.82, 2.24) is 15.3 Å². The summed E-state index contributed by atoms with van der Waals surface area (Å²) < 4.78 is 5.53. The molecule has 0 aromatic carbocycles. The molecule has 2 rings (SSSR count). The third-order valence-electron chi connectivity index (χ3n) is 2.54. The molecule has 0 amide bonds. The first kappa shape index (κ1) is 9.68. The average Bonchev–Trinajstić information content (AvgIpc) is 2.86. The summed E-state index contributed by atoms with van der Waals surface area (Å²) >= 11 is 0. The lowest BCUT2D eigenvalue weighted by Crippen LogP contribution is -2.19.